The molecule has 0 unspecified atom stereocenters. The van der Waals surface area contributed by atoms with Crippen LogP contribution in [0.1, 0.15) is 81.3 Å². The summed E-state index contributed by atoms with van der Waals surface area (Å²) >= 11 is 12.9. The van der Waals surface area contributed by atoms with E-state index in [0.29, 0.717) is 0 Å². The Morgan fingerprint density at radius 2 is 1.13 bits per heavy atom. The van der Waals surface area contributed by atoms with Gasteiger partial charge in [-0.05, 0) is 24.7 Å². The molecule has 240 valence electrons. The van der Waals surface area contributed by atoms with Gasteiger partial charge in [-0.15, -0.1) is 46.2 Å². The van der Waals surface area contributed by atoms with Crippen molar-refractivity contribution in [2.45, 2.75) is 72.6 Å². The van der Waals surface area contributed by atoms with Crippen molar-refractivity contribution < 1.29 is 48.7 Å². The van der Waals surface area contributed by atoms with E-state index in [9.17, 15) is 0 Å². The Labute approximate surface area is 313 Å². The topological polar surface area (TPSA) is 0 Å². The Balaban J connectivity index is 0.000000278. The number of benzene rings is 4. The summed E-state index contributed by atoms with van der Waals surface area (Å²) in [7, 11) is 0. The van der Waals surface area contributed by atoms with Gasteiger partial charge in [0.2, 0.25) is 0 Å². The molecule has 0 heterocycles. The fraction of sp³-hybridized carbons (Fsp3) is 0.268. The van der Waals surface area contributed by atoms with E-state index in [1.165, 1.54) is 58.2 Å². The first-order valence-electron chi connectivity index (χ1n) is 15.1. The Morgan fingerprint density at radius 3 is 1.43 bits per heavy atom. The molecule has 0 aliphatic heterocycles. The van der Waals surface area contributed by atoms with Gasteiger partial charge in [0.25, 0.3) is 0 Å². The van der Waals surface area contributed by atoms with Crippen molar-refractivity contribution in [3.05, 3.63) is 147 Å². The van der Waals surface area contributed by atoms with Crippen molar-refractivity contribution in [2.24, 2.45) is 0 Å². The molecule has 0 N–H and O–H groups in total. The number of aryl methyl sites for hydroxylation is 2. The second-order valence-electron chi connectivity index (χ2n) is 13.6. The molecule has 0 fully saturated rings. The van der Waals surface area contributed by atoms with Crippen LogP contribution in [-0.2, 0) is 34.7 Å². The fourth-order valence-corrected chi connectivity index (χ4v) is 7.24. The molecule has 0 nitrogen and oxygen atoms in total. The van der Waals surface area contributed by atoms with Crippen LogP contribution in [0, 0.1) is 19.9 Å². The number of hydrogen-bond acceptors (Lipinski definition) is 0. The van der Waals surface area contributed by atoms with Crippen molar-refractivity contribution in [3.8, 4) is 0 Å². The second-order valence-corrected chi connectivity index (χ2v) is 16.2. The molecule has 6 rings (SSSR count). The van der Waals surface area contributed by atoms with Crippen LogP contribution in [0.25, 0.3) is 21.5 Å². The first-order chi connectivity index (χ1) is 20.6. The van der Waals surface area contributed by atoms with Crippen molar-refractivity contribution in [1.29, 1.82) is 0 Å². The quantitative estimate of drug-likeness (QED) is 0.144. The molecule has 0 spiro atoms. The molecule has 0 saturated carbocycles. The van der Waals surface area contributed by atoms with Gasteiger partial charge >= 0.3 is 120 Å². The monoisotopic (exact) mass is 854 g/mol. The van der Waals surface area contributed by atoms with Gasteiger partial charge in [0.1, 0.15) is 0 Å². The molecule has 0 aromatic heterocycles. The van der Waals surface area contributed by atoms with Crippen LogP contribution in [0.15, 0.2) is 97.1 Å². The van der Waals surface area contributed by atoms with Gasteiger partial charge < -0.3 is 24.8 Å². The average molecular weight is 855 g/mol. The molecular weight excluding hydrogens is 813 g/mol. The molecule has 46 heavy (non-hydrogen) atoms. The maximum absolute atomic E-state index is 5.98. The SMILES string of the molecule is Cc1cc2[cH-]c3cc(C)c(C(C)(C)C)cc3c2cc1C(C)(C)C.Clc1cccc([C](=[Hf+2])c2cccc(Cl)c2)c1.[C-]1=CC=CC1.[Cl-].[Cl-]. The normalized spacial score (nSPS) is 12.1. The number of fused-ring (bicyclic) bond motifs is 3. The van der Waals surface area contributed by atoms with E-state index in [1.54, 1.807) is 0 Å². The van der Waals surface area contributed by atoms with Crippen LogP contribution in [0.5, 0.6) is 0 Å². The zero-order chi connectivity index (χ0) is 32.2. The minimum atomic E-state index is 0. The molecule has 5 aromatic rings. The molecule has 0 atom stereocenters. The second kappa shape index (κ2) is 17.0. The van der Waals surface area contributed by atoms with Crippen molar-refractivity contribution in [2.75, 3.05) is 0 Å². The molecule has 0 bridgehead atoms. The molecule has 1 aliphatic carbocycles. The Morgan fingerprint density at radius 1 is 0.696 bits per heavy atom. The van der Waals surface area contributed by atoms with Crippen LogP contribution in [0.4, 0.5) is 0 Å². The predicted octanol–water partition coefficient (Wildman–Crippen LogP) is 6.35. The predicted molar refractivity (Wildman–Crippen MR) is 192 cm³/mol. The first-order valence-corrected chi connectivity index (χ1v) is 17.7. The van der Waals surface area contributed by atoms with E-state index < -0.39 is 0 Å². The van der Waals surface area contributed by atoms with Gasteiger partial charge in [-0.3, -0.25) is 6.08 Å². The van der Waals surface area contributed by atoms with Crippen molar-refractivity contribution in [3.63, 3.8) is 0 Å². The summed E-state index contributed by atoms with van der Waals surface area (Å²) in [6.45, 7) is 18.3. The van der Waals surface area contributed by atoms with E-state index in [2.05, 4.69) is 110 Å². The number of rotatable bonds is 2. The first kappa shape index (κ1) is 40.3. The molecule has 5 heteroatoms. The smallest absolute Gasteiger partial charge is 0.109 e. The number of allylic oxidation sites excluding steroid dienone is 4. The minimum Gasteiger partial charge on any atom is -1.00 e. The minimum absolute atomic E-state index is 0. The molecule has 1 aliphatic rings. The summed E-state index contributed by atoms with van der Waals surface area (Å²) < 4.78 is 1.31. The Bertz CT molecular complexity index is 1730. The summed E-state index contributed by atoms with van der Waals surface area (Å²) in [5.41, 5.74) is 8.42. The van der Waals surface area contributed by atoms with Crippen LogP contribution >= 0.6 is 23.2 Å². The standard InChI is InChI=1S/C23H29.C13H8Cl2.C5H5.2ClH.Hf/c1-14-9-16-11-17-10-15(2)21(23(6,7)8)13-19(17)18(16)12-20(14)22(3,4)5;14-12-5-1-3-10(8-12)7-11-4-2-6-13(15)9-11;1-2-4-5-3-1;;;/h9-13H,1-8H3;1-6,8-9H;1-3H,4H2;2*1H;/q-1;;-1;;;+2/p-2. The third kappa shape index (κ3) is 10.3. The molecule has 0 radical (unpaired) electrons. The summed E-state index contributed by atoms with van der Waals surface area (Å²) in [5, 5.41) is 7.09. The van der Waals surface area contributed by atoms with E-state index >= 15 is 0 Å². The third-order valence-corrected chi connectivity index (χ3v) is 10.4. The summed E-state index contributed by atoms with van der Waals surface area (Å²) in [4.78, 5) is 0. The maximum Gasteiger partial charge on any atom is -0.109 e. The van der Waals surface area contributed by atoms with E-state index in [0.717, 1.165) is 40.4 Å². The molecule has 0 saturated heterocycles. The van der Waals surface area contributed by atoms with Gasteiger partial charge in [0.05, 0.1) is 0 Å². The van der Waals surface area contributed by atoms with Crippen LogP contribution in [-0.4, -0.2) is 3.26 Å². The van der Waals surface area contributed by atoms with Crippen LogP contribution in [0.2, 0.25) is 10.0 Å². The maximum atomic E-state index is 5.98. The van der Waals surface area contributed by atoms with Crippen LogP contribution < -0.4 is 24.8 Å². The third-order valence-electron chi connectivity index (χ3n) is 7.82. The molecule has 5 aromatic carbocycles. The van der Waals surface area contributed by atoms with Crippen LogP contribution in [0.3, 0.4) is 0 Å². The molecular formula is C41H42Cl4Hf-2. The number of halogens is 4. The zero-order valence-corrected chi connectivity index (χ0v) is 34.6. The van der Waals surface area contributed by atoms with Gasteiger partial charge in [0.15, 0.2) is 0 Å². The van der Waals surface area contributed by atoms with Crippen molar-refractivity contribution >= 4 is 48.0 Å². The average Bonchev–Trinajstić information content (AvgIpc) is 3.62. The largest absolute Gasteiger partial charge is 1.00 e. The van der Waals surface area contributed by atoms with E-state index in [1.807, 2.05) is 48.6 Å². The van der Waals surface area contributed by atoms with Gasteiger partial charge in [0, 0.05) is 0 Å². The summed E-state index contributed by atoms with van der Waals surface area (Å²) in [6.07, 6.45) is 10.0. The summed E-state index contributed by atoms with van der Waals surface area (Å²) in [6, 6.07) is 27.8. The Kier molecular flexibility index (Phi) is 14.9. The summed E-state index contributed by atoms with van der Waals surface area (Å²) in [5.74, 6) is 0. The zero-order valence-electron chi connectivity index (χ0n) is 28.0. The van der Waals surface area contributed by atoms with Gasteiger partial charge in [-0.2, -0.15) is 6.08 Å². The van der Waals surface area contributed by atoms with Gasteiger partial charge in [-0.25, -0.2) is 12.2 Å². The van der Waals surface area contributed by atoms with Crippen molar-refractivity contribution in [1.82, 2.24) is 0 Å². The number of hydrogen-bond donors (Lipinski definition) is 0. The Hall–Kier alpha value is -1.87. The van der Waals surface area contributed by atoms with E-state index in [-0.39, 0.29) is 35.6 Å². The molecule has 0 amide bonds. The van der Waals surface area contributed by atoms with Gasteiger partial charge in [-0.1, -0.05) is 75.9 Å². The van der Waals surface area contributed by atoms with E-state index in [4.69, 9.17) is 23.2 Å². The fourth-order valence-electron chi connectivity index (χ4n) is 5.74.